The first kappa shape index (κ1) is 15.9. The summed E-state index contributed by atoms with van der Waals surface area (Å²) in [5, 5.41) is 5.81. The first-order valence-electron chi connectivity index (χ1n) is 6.57. The minimum Gasteiger partial charge on any atom is -0.379 e. The van der Waals surface area contributed by atoms with Gasteiger partial charge in [-0.05, 0) is 38.4 Å². The maximum absolute atomic E-state index is 12.2. The average Bonchev–Trinajstić information content (AvgIpc) is 2.96. The topological polar surface area (TPSA) is 96.5 Å². The molecule has 0 saturated carbocycles. The number of hydrogen-bond donors (Lipinski definition) is 3. The van der Waals surface area contributed by atoms with Crippen molar-refractivity contribution >= 4 is 21.6 Å². The van der Waals surface area contributed by atoms with Crippen molar-refractivity contribution in [2.45, 2.75) is 10.9 Å². The van der Waals surface area contributed by atoms with Crippen molar-refractivity contribution in [2.24, 2.45) is 5.92 Å². The molecule has 7 nitrogen and oxygen atoms in total. The van der Waals surface area contributed by atoms with Gasteiger partial charge in [-0.25, -0.2) is 13.1 Å². The van der Waals surface area contributed by atoms with E-state index < -0.39 is 10.0 Å². The number of sulfonamides is 1. The van der Waals surface area contributed by atoms with Crippen molar-refractivity contribution in [1.29, 1.82) is 0 Å². The molecule has 2 unspecified atom stereocenters. The van der Waals surface area contributed by atoms with Crippen LogP contribution in [-0.2, 0) is 19.6 Å². The molecule has 1 aromatic carbocycles. The smallest absolute Gasteiger partial charge is 0.240 e. The Morgan fingerprint density at radius 3 is 2.43 bits per heavy atom. The van der Waals surface area contributed by atoms with Crippen LogP contribution in [0.15, 0.2) is 29.2 Å². The predicted molar refractivity (Wildman–Crippen MR) is 78.5 cm³/mol. The van der Waals surface area contributed by atoms with E-state index in [1.807, 2.05) is 0 Å². The number of carbonyl (C=O) groups excluding carboxylic acids is 1. The van der Waals surface area contributed by atoms with E-state index in [-0.39, 0.29) is 22.8 Å². The Morgan fingerprint density at radius 2 is 1.86 bits per heavy atom. The Bertz CT molecular complexity index is 600. The fourth-order valence-electron chi connectivity index (χ4n) is 2.17. The van der Waals surface area contributed by atoms with Gasteiger partial charge in [-0.3, -0.25) is 4.79 Å². The first-order valence-corrected chi connectivity index (χ1v) is 8.05. The summed E-state index contributed by atoms with van der Waals surface area (Å²) in [5.41, 5.74) is 0.553. The second-order valence-corrected chi connectivity index (χ2v) is 6.65. The number of amides is 1. The van der Waals surface area contributed by atoms with Gasteiger partial charge in [0.25, 0.3) is 0 Å². The van der Waals surface area contributed by atoms with Gasteiger partial charge in [0, 0.05) is 11.7 Å². The zero-order chi connectivity index (χ0) is 15.5. The molecule has 2 rings (SSSR count). The van der Waals surface area contributed by atoms with E-state index in [0.717, 1.165) is 0 Å². The van der Waals surface area contributed by atoms with Crippen LogP contribution in [0.25, 0.3) is 0 Å². The third-order valence-corrected chi connectivity index (χ3v) is 4.92. The molecule has 1 aliphatic heterocycles. The molecule has 1 aromatic rings. The van der Waals surface area contributed by atoms with Crippen molar-refractivity contribution in [3.63, 3.8) is 0 Å². The minimum atomic E-state index is -3.46. The monoisotopic (exact) mass is 313 g/mol. The highest BCUT2D eigenvalue weighted by Crippen LogP contribution is 2.18. The largest absolute Gasteiger partial charge is 0.379 e. The summed E-state index contributed by atoms with van der Waals surface area (Å²) in [7, 11) is -0.326. The van der Waals surface area contributed by atoms with Crippen molar-refractivity contribution < 1.29 is 17.9 Å². The number of anilines is 1. The normalized spacial score (nSPS) is 22.2. The van der Waals surface area contributed by atoms with Crippen LogP contribution in [-0.4, -0.2) is 47.7 Å². The number of nitrogens with one attached hydrogen (secondary N) is 3. The average molecular weight is 313 g/mol. The lowest BCUT2D eigenvalue weighted by Gasteiger charge is -2.16. The fraction of sp³-hybridized carbons (Fsp3) is 0.462. The lowest BCUT2D eigenvalue weighted by Crippen LogP contribution is -2.39. The van der Waals surface area contributed by atoms with Crippen LogP contribution in [0, 0.1) is 5.92 Å². The Kier molecular flexibility index (Phi) is 4.94. The summed E-state index contributed by atoms with van der Waals surface area (Å²) >= 11 is 0. The van der Waals surface area contributed by atoms with Crippen LogP contribution in [0.5, 0.6) is 0 Å². The number of likely N-dealkylation sites (N-methyl/N-ethyl adjacent to an activating group) is 1. The fourth-order valence-corrected chi connectivity index (χ4v) is 2.90. The summed E-state index contributed by atoms with van der Waals surface area (Å²) in [4.78, 5) is 12.3. The Morgan fingerprint density at radius 1 is 1.19 bits per heavy atom. The van der Waals surface area contributed by atoms with Crippen molar-refractivity contribution in [3.05, 3.63) is 24.3 Å². The van der Waals surface area contributed by atoms with Gasteiger partial charge in [-0.15, -0.1) is 0 Å². The Balaban J connectivity index is 2.05. The summed E-state index contributed by atoms with van der Waals surface area (Å²) in [6.07, 6.45) is 0. The SMILES string of the molecule is CNC1COCC1C(=O)Nc1ccc(S(=O)(=O)NC)cc1. The van der Waals surface area contributed by atoms with Crippen molar-refractivity contribution in [3.8, 4) is 0 Å². The van der Waals surface area contributed by atoms with Gasteiger partial charge in [0.15, 0.2) is 0 Å². The third-order valence-electron chi connectivity index (χ3n) is 3.49. The first-order chi connectivity index (χ1) is 9.97. The number of benzene rings is 1. The minimum absolute atomic E-state index is 0.00561. The van der Waals surface area contributed by atoms with Crippen molar-refractivity contribution in [2.75, 3.05) is 32.6 Å². The second kappa shape index (κ2) is 6.52. The van der Waals surface area contributed by atoms with Gasteiger partial charge in [-0.2, -0.15) is 0 Å². The highest BCUT2D eigenvalue weighted by Gasteiger charge is 2.32. The number of carbonyl (C=O) groups is 1. The maximum Gasteiger partial charge on any atom is 0.240 e. The molecule has 0 spiro atoms. The van der Waals surface area contributed by atoms with E-state index in [1.54, 1.807) is 19.2 Å². The quantitative estimate of drug-likeness (QED) is 0.698. The van der Waals surface area contributed by atoms with E-state index in [9.17, 15) is 13.2 Å². The molecule has 21 heavy (non-hydrogen) atoms. The van der Waals surface area contributed by atoms with Crippen molar-refractivity contribution in [1.82, 2.24) is 10.0 Å². The molecule has 1 heterocycles. The molecule has 3 N–H and O–H groups in total. The van der Waals surface area contributed by atoms with Crippen LogP contribution < -0.4 is 15.4 Å². The van der Waals surface area contributed by atoms with Crippen LogP contribution in [0.4, 0.5) is 5.69 Å². The number of rotatable bonds is 5. The molecule has 1 fully saturated rings. The Hall–Kier alpha value is -1.48. The van der Waals surface area contributed by atoms with Crippen LogP contribution in [0.3, 0.4) is 0 Å². The molecular formula is C13H19N3O4S. The summed E-state index contributed by atoms with van der Waals surface area (Å²) in [6, 6.07) is 6.01. The van der Waals surface area contributed by atoms with E-state index in [1.165, 1.54) is 19.2 Å². The zero-order valence-corrected chi connectivity index (χ0v) is 12.7. The van der Waals surface area contributed by atoms with Crippen LogP contribution >= 0.6 is 0 Å². The molecule has 1 amide bonds. The number of hydrogen-bond acceptors (Lipinski definition) is 5. The van der Waals surface area contributed by atoms with E-state index in [4.69, 9.17) is 4.74 Å². The maximum atomic E-state index is 12.2. The molecule has 1 aliphatic rings. The van der Waals surface area contributed by atoms with E-state index >= 15 is 0 Å². The summed E-state index contributed by atoms with van der Waals surface area (Å²) < 4.78 is 30.7. The molecule has 8 heteroatoms. The highest BCUT2D eigenvalue weighted by molar-refractivity contribution is 7.89. The standard InChI is InChI=1S/C13H19N3O4S/c1-14-12-8-20-7-11(12)13(17)16-9-3-5-10(6-4-9)21(18,19)15-2/h3-6,11-12,14-15H,7-8H2,1-2H3,(H,16,17). The van der Waals surface area contributed by atoms with Gasteiger partial charge < -0.3 is 15.4 Å². The van der Waals surface area contributed by atoms with Gasteiger partial charge in [0.2, 0.25) is 15.9 Å². The van der Waals surface area contributed by atoms with Gasteiger partial charge in [0.1, 0.15) is 0 Å². The van der Waals surface area contributed by atoms with E-state index in [0.29, 0.717) is 18.9 Å². The molecule has 0 bridgehead atoms. The van der Waals surface area contributed by atoms with Gasteiger partial charge >= 0.3 is 0 Å². The van der Waals surface area contributed by atoms with Crippen LogP contribution in [0.2, 0.25) is 0 Å². The lowest BCUT2D eigenvalue weighted by atomic mass is 10.0. The molecule has 1 saturated heterocycles. The Labute approximate surface area is 124 Å². The lowest BCUT2D eigenvalue weighted by molar-refractivity contribution is -0.120. The third kappa shape index (κ3) is 3.59. The molecular weight excluding hydrogens is 294 g/mol. The van der Waals surface area contributed by atoms with Gasteiger partial charge in [-0.1, -0.05) is 0 Å². The van der Waals surface area contributed by atoms with Crippen LogP contribution in [0.1, 0.15) is 0 Å². The highest BCUT2D eigenvalue weighted by atomic mass is 32.2. The summed E-state index contributed by atoms with van der Waals surface area (Å²) in [6.45, 7) is 0.886. The summed E-state index contributed by atoms with van der Waals surface area (Å²) in [5.74, 6) is -0.396. The zero-order valence-electron chi connectivity index (χ0n) is 11.9. The van der Waals surface area contributed by atoms with Gasteiger partial charge in [0.05, 0.1) is 24.0 Å². The molecule has 116 valence electrons. The predicted octanol–water partition coefficient (Wildman–Crippen LogP) is -0.232. The molecule has 2 atom stereocenters. The molecule has 0 radical (unpaired) electrons. The number of ether oxygens (including phenoxy) is 1. The second-order valence-electron chi connectivity index (χ2n) is 4.76. The molecule has 0 aliphatic carbocycles. The van der Waals surface area contributed by atoms with E-state index in [2.05, 4.69) is 15.4 Å². The molecule has 0 aromatic heterocycles.